The Balaban J connectivity index is 1.51. The zero-order valence-electron chi connectivity index (χ0n) is 16.0. The Morgan fingerprint density at radius 3 is 2.43 bits per heavy atom. The number of hydrogen-bond donors (Lipinski definition) is 0. The van der Waals surface area contributed by atoms with E-state index in [1.54, 1.807) is 0 Å². The number of alkyl halides is 3. The average Bonchev–Trinajstić information content (AvgIpc) is 2.68. The number of aryl methyl sites for hydroxylation is 1. The van der Waals surface area contributed by atoms with Crippen molar-refractivity contribution >= 4 is 5.95 Å². The second kappa shape index (κ2) is 7.70. The summed E-state index contributed by atoms with van der Waals surface area (Å²) in [5.74, 6) is 0.476. The molecule has 0 unspecified atom stereocenters. The summed E-state index contributed by atoms with van der Waals surface area (Å²) in [7, 11) is 0. The average molecular weight is 390 g/mol. The third-order valence-electron chi connectivity index (χ3n) is 5.68. The molecule has 7 heteroatoms. The van der Waals surface area contributed by atoms with Gasteiger partial charge in [-0.1, -0.05) is 37.3 Å². The Morgan fingerprint density at radius 2 is 1.75 bits per heavy atom. The first kappa shape index (κ1) is 19.2. The van der Waals surface area contributed by atoms with Crippen molar-refractivity contribution in [1.82, 2.24) is 14.9 Å². The van der Waals surface area contributed by atoms with Crippen LogP contribution in [0.15, 0.2) is 30.3 Å². The van der Waals surface area contributed by atoms with Gasteiger partial charge in [0.05, 0.1) is 0 Å². The maximum absolute atomic E-state index is 13.6. The van der Waals surface area contributed by atoms with Crippen LogP contribution >= 0.6 is 0 Å². The number of nitrogens with zero attached hydrogens (tertiary/aromatic N) is 4. The summed E-state index contributed by atoms with van der Waals surface area (Å²) in [5.41, 5.74) is 1.40. The van der Waals surface area contributed by atoms with E-state index in [1.807, 2.05) is 30.0 Å². The van der Waals surface area contributed by atoms with Gasteiger partial charge in [-0.15, -0.1) is 0 Å². The molecule has 1 aromatic carbocycles. The van der Waals surface area contributed by atoms with E-state index in [-0.39, 0.29) is 11.9 Å². The Labute approximate surface area is 163 Å². The number of rotatable bonds is 3. The molecule has 4 rings (SSSR count). The topological polar surface area (TPSA) is 32.3 Å². The Bertz CT molecular complexity index is 814. The fourth-order valence-electron chi connectivity index (χ4n) is 4.10. The quantitative estimate of drug-likeness (QED) is 0.795. The molecule has 1 saturated heterocycles. The predicted octanol–water partition coefficient (Wildman–Crippen LogP) is 3.94. The summed E-state index contributed by atoms with van der Waals surface area (Å²) in [6, 6.07) is 10.2. The summed E-state index contributed by atoms with van der Waals surface area (Å²) < 4.78 is 40.9. The summed E-state index contributed by atoms with van der Waals surface area (Å²) in [4.78, 5) is 12.8. The number of benzene rings is 1. The number of piperazine rings is 1. The highest BCUT2D eigenvalue weighted by molar-refractivity contribution is 5.40. The van der Waals surface area contributed by atoms with Gasteiger partial charge in [-0.3, -0.25) is 4.90 Å². The number of aromatic nitrogens is 2. The van der Waals surface area contributed by atoms with E-state index in [4.69, 9.17) is 0 Å². The van der Waals surface area contributed by atoms with Gasteiger partial charge in [0.2, 0.25) is 5.95 Å². The molecule has 0 radical (unpaired) electrons. The molecule has 0 saturated carbocycles. The standard InChI is InChI=1S/C21H25F3N4/c1-15-7-8-18-17(13-15)19(21(22,23)24)26-20(25-18)28-11-9-27(10-12-28)14-16-5-3-2-4-6-16/h2-6,15H,7-14H2,1H3/t15-/m0/s1. The SMILES string of the molecule is C[C@H]1CCc2nc(N3CCN(Cc4ccccc4)CC3)nc(C(F)(F)F)c2C1. The van der Waals surface area contributed by atoms with Crippen molar-refractivity contribution in [2.75, 3.05) is 31.1 Å². The highest BCUT2D eigenvalue weighted by atomic mass is 19.4. The van der Waals surface area contributed by atoms with Gasteiger partial charge in [-0.25, -0.2) is 9.97 Å². The largest absolute Gasteiger partial charge is 0.433 e. The normalized spacial score (nSPS) is 20.9. The van der Waals surface area contributed by atoms with Gasteiger partial charge in [-0.05, 0) is 30.7 Å². The van der Waals surface area contributed by atoms with Gasteiger partial charge in [0.1, 0.15) is 0 Å². The second-order valence-electron chi connectivity index (χ2n) is 7.89. The molecule has 1 fully saturated rings. The van der Waals surface area contributed by atoms with Crippen LogP contribution in [0.3, 0.4) is 0 Å². The molecule has 4 nitrogen and oxygen atoms in total. The van der Waals surface area contributed by atoms with E-state index in [0.29, 0.717) is 37.2 Å². The van der Waals surface area contributed by atoms with E-state index in [1.165, 1.54) is 5.56 Å². The summed E-state index contributed by atoms with van der Waals surface area (Å²) in [6.45, 7) is 5.69. The molecule has 1 aromatic heterocycles. The lowest BCUT2D eigenvalue weighted by Crippen LogP contribution is -2.46. The van der Waals surface area contributed by atoms with Crippen molar-refractivity contribution in [3.05, 3.63) is 52.8 Å². The van der Waals surface area contributed by atoms with Crippen LogP contribution in [0, 0.1) is 5.92 Å². The van der Waals surface area contributed by atoms with E-state index in [9.17, 15) is 13.2 Å². The fourth-order valence-corrected chi connectivity index (χ4v) is 4.10. The van der Waals surface area contributed by atoms with Crippen molar-refractivity contribution in [2.24, 2.45) is 5.92 Å². The molecule has 2 aromatic rings. The first-order valence-corrected chi connectivity index (χ1v) is 9.88. The van der Waals surface area contributed by atoms with Gasteiger partial charge < -0.3 is 4.90 Å². The molecule has 0 spiro atoms. The van der Waals surface area contributed by atoms with Crippen molar-refractivity contribution in [1.29, 1.82) is 0 Å². The Hall–Kier alpha value is -2.15. The number of anilines is 1. The molecule has 1 aliphatic heterocycles. The smallest absolute Gasteiger partial charge is 0.338 e. The molecule has 28 heavy (non-hydrogen) atoms. The van der Waals surface area contributed by atoms with Crippen LogP contribution < -0.4 is 4.90 Å². The van der Waals surface area contributed by atoms with Gasteiger partial charge in [-0.2, -0.15) is 13.2 Å². The lowest BCUT2D eigenvalue weighted by molar-refractivity contribution is -0.142. The molecular weight excluding hydrogens is 365 g/mol. The number of hydrogen-bond acceptors (Lipinski definition) is 4. The maximum Gasteiger partial charge on any atom is 0.433 e. The summed E-state index contributed by atoms with van der Waals surface area (Å²) in [6.07, 6.45) is -2.54. The molecule has 1 atom stereocenters. The van der Waals surface area contributed by atoms with Crippen LogP contribution in [0.1, 0.15) is 35.9 Å². The highest BCUT2D eigenvalue weighted by Crippen LogP contribution is 2.37. The van der Waals surface area contributed by atoms with Crippen molar-refractivity contribution in [3.63, 3.8) is 0 Å². The van der Waals surface area contributed by atoms with E-state index < -0.39 is 11.9 Å². The van der Waals surface area contributed by atoms with Gasteiger partial charge >= 0.3 is 6.18 Å². The van der Waals surface area contributed by atoms with Crippen molar-refractivity contribution in [2.45, 2.75) is 38.9 Å². The lowest BCUT2D eigenvalue weighted by Gasteiger charge is -2.35. The minimum Gasteiger partial charge on any atom is -0.338 e. The van der Waals surface area contributed by atoms with Gasteiger partial charge in [0, 0.05) is 44.0 Å². The van der Waals surface area contributed by atoms with E-state index in [0.717, 1.165) is 26.1 Å². The Morgan fingerprint density at radius 1 is 1.04 bits per heavy atom. The van der Waals surface area contributed by atoms with Crippen LogP contribution in [0.25, 0.3) is 0 Å². The van der Waals surface area contributed by atoms with Crippen LogP contribution in [-0.4, -0.2) is 41.0 Å². The molecule has 0 amide bonds. The minimum absolute atomic E-state index is 0.236. The van der Waals surface area contributed by atoms with E-state index >= 15 is 0 Å². The molecular formula is C21H25F3N4. The molecule has 150 valence electrons. The second-order valence-corrected chi connectivity index (χ2v) is 7.89. The third-order valence-corrected chi connectivity index (χ3v) is 5.68. The molecule has 0 N–H and O–H groups in total. The lowest BCUT2D eigenvalue weighted by atomic mass is 9.87. The highest BCUT2D eigenvalue weighted by Gasteiger charge is 2.39. The van der Waals surface area contributed by atoms with Crippen LogP contribution in [0.4, 0.5) is 19.1 Å². The van der Waals surface area contributed by atoms with E-state index in [2.05, 4.69) is 27.0 Å². The monoisotopic (exact) mass is 390 g/mol. The number of halogens is 3. The summed E-state index contributed by atoms with van der Waals surface area (Å²) in [5, 5.41) is 0. The van der Waals surface area contributed by atoms with Crippen LogP contribution in [0.2, 0.25) is 0 Å². The van der Waals surface area contributed by atoms with Crippen molar-refractivity contribution < 1.29 is 13.2 Å². The zero-order valence-corrected chi connectivity index (χ0v) is 16.0. The van der Waals surface area contributed by atoms with Crippen molar-refractivity contribution in [3.8, 4) is 0 Å². The summed E-state index contributed by atoms with van der Waals surface area (Å²) >= 11 is 0. The first-order valence-electron chi connectivity index (χ1n) is 9.88. The van der Waals surface area contributed by atoms with Gasteiger partial charge in [0.15, 0.2) is 5.69 Å². The predicted molar refractivity (Wildman–Crippen MR) is 102 cm³/mol. The maximum atomic E-state index is 13.6. The van der Waals surface area contributed by atoms with Crippen LogP contribution in [-0.2, 0) is 25.6 Å². The zero-order chi connectivity index (χ0) is 19.7. The molecule has 0 bridgehead atoms. The Kier molecular flexibility index (Phi) is 5.27. The number of fused-ring (bicyclic) bond motifs is 1. The molecule has 2 heterocycles. The molecule has 1 aliphatic carbocycles. The first-order chi connectivity index (χ1) is 13.4. The van der Waals surface area contributed by atoms with Crippen LogP contribution in [0.5, 0.6) is 0 Å². The third kappa shape index (κ3) is 4.14. The van der Waals surface area contributed by atoms with Gasteiger partial charge in [0.25, 0.3) is 0 Å². The molecule has 2 aliphatic rings. The minimum atomic E-state index is -4.44. The fraction of sp³-hybridized carbons (Fsp3) is 0.524.